The Morgan fingerprint density at radius 2 is 1.80 bits per heavy atom. The summed E-state index contributed by atoms with van der Waals surface area (Å²) in [4.78, 5) is 8.28. The van der Waals surface area contributed by atoms with Gasteiger partial charge in [-0.2, -0.15) is 0 Å². The maximum absolute atomic E-state index is 12.7. The van der Waals surface area contributed by atoms with Crippen molar-refractivity contribution >= 4 is 21.4 Å². The molecule has 2 heterocycles. The molecule has 1 unspecified atom stereocenters. The van der Waals surface area contributed by atoms with E-state index in [-0.39, 0.29) is 17.5 Å². The number of nitrogens with one attached hydrogen (secondary N) is 1. The number of halogens is 3. The largest absolute Gasteiger partial charge is 0.573 e. The molecule has 3 aromatic rings. The topological polar surface area (TPSA) is 74.8 Å². The lowest BCUT2D eigenvalue weighted by molar-refractivity contribution is -0.274. The number of hydrogen-bond acceptors (Lipinski definition) is 6. The van der Waals surface area contributed by atoms with Crippen molar-refractivity contribution < 1.29 is 26.3 Å². The lowest BCUT2D eigenvalue weighted by Crippen LogP contribution is -2.29. The van der Waals surface area contributed by atoms with Gasteiger partial charge in [-0.1, -0.05) is 30.3 Å². The number of hydrogen-bond donors (Lipinski definition) is 1. The molecular weight excluding hydrogens is 481 g/mol. The molecule has 186 valence electrons. The van der Waals surface area contributed by atoms with Gasteiger partial charge in [0.25, 0.3) is 0 Å². The van der Waals surface area contributed by atoms with Gasteiger partial charge in [0.1, 0.15) is 5.75 Å². The van der Waals surface area contributed by atoms with Gasteiger partial charge in [0, 0.05) is 31.0 Å². The molecule has 0 aliphatic carbocycles. The number of pyridine rings is 1. The first-order valence-corrected chi connectivity index (χ1v) is 12.6. The quantitative estimate of drug-likeness (QED) is 0.482. The van der Waals surface area contributed by atoms with E-state index in [1.807, 2.05) is 17.9 Å². The third-order valence-corrected chi connectivity index (χ3v) is 6.89. The van der Waals surface area contributed by atoms with Crippen molar-refractivity contribution in [3.63, 3.8) is 0 Å². The number of nitrogens with zero attached hydrogens (tertiary/aromatic N) is 3. The number of ether oxygens (including phenoxy) is 1. The molecule has 0 bridgehead atoms. The maximum Gasteiger partial charge on any atom is 0.573 e. The highest BCUT2D eigenvalue weighted by atomic mass is 32.2. The van der Waals surface area contributed by atoms with Gasteiger partial charge < -0.3 is 9.64 Å². The molecule has 35 heavy (non-hydrogen) atoms. The molecule has 0 saturated carbocycles. The number of alkyl halides is 3. The fraction of sp³-hybridized carbons (Fsp3) is 0.292. The summed E-state index contributed by atoms with van der Waals surface area (Å²) in [6.45, 7) is 3.71. The molecule has 0 radical (unpaired) electrons. The van der Waals surface area contributed by atoms with E-state index in [1.165, 1.54) is 18.3 Å². The van der Waals surface area contributed by atoms with Crippen molar-refractivity contribution in [3.05, 3.63) is 84.2 Å². The summed E-state index contributed by atoms with van der Waals surface area (Å²) in [6.07, 6.45) is -1.62. The summed E-state index contributed by atoms with van der Waals surface area (Å²) in [6, 6.07) is 16.6. The van der Waals surface area contributed by atoms with E-state index in [2.05, 4.69) is 19.3 Å². The molecular formula is C24H25F3N4O3S. The summed E-state index contributed by atoms with van der Waals surface area (Å²) in [7, 11) is -3.64. The fourth-order valence-electron chi connectivity index (χ4n) is 3.97. The van der Waals surface area contributed by atoms with Crippen molar-refractivity contribution in [1.82, 2.24) is 9.88 Å². The van der Waals surface area contributed by atoms with Crippen LogP contribution in [0.4, 0.5) is 24.5 Å². The van der Waals surface area contributed by atoms with E-state index in [4.69, 9.17) is 0 Å². The molecule has 1 N–H and O–H groups in total. The second-order valence-corrected chi connectivity index (χ2v) is 10.1. The summed E-state index contributed by atoms with van der Waals surface area (Å²) < 4.78 is 69.3. The van der Waals surface area contributed by atoms with Gasteiger partial charge in [0.2, 0.25) is 10.0 Å². The van der Waals surface area contributed by atoms with Crippen molar-refractivity contribution in [2.24, 2.45) is 0 Å². The van der Waals surface area contributed by atoms with E-state index in [0.717, 1.165) is 11.3 Å². The highest BCUT2D eigenvalue weighted by molar-refractivity contribution is 7.91. The van der Waals surface area contributed by atoms with Gasteiger partial charge in [0.05, 0.1) is 24.3 Å². The van der Waals surface area contributed by atoms with Crippen molar-refractivity contribution in [2.75, 3.05) is 22.8 Å². The monoisotopic (exact) mass is 506 g/mol. The molecule has 1 aliphatic heterocycles. The minimum atomic E-state index is -4.73. The Morgan fingerprint density at radius 3 is 2.49 bits per heavy atom. The third kappa shape index (κ3) is 6.86. The average Bonchev–Trinajstić information content (AvgIpc) is 3.15. The van der Waals surface area contributed by atoms with E-state index < -0.39 is 16.4 Å². The minimum absolute atomic E-state index is 0.128. The highest BCUT2D eigenvalue weighted by Crippen LogP contribution is 2.29. The number of rotatable bonds is 8. The zero-order valence-electron chi connectivity index (χ0n) is 18.9. The van der Waals surface area contributed by atoms with Crippen molar-refractivity contribution in [2.45, 2.75) is 31.6 Å². The molecule has 1 aromatic heterocycles. The Labute approximate surface area is 202 Å². The van der Waals surface area contributed by atoms with Crippen LogP contribution in [0.1, 0.15) is 18.1 Å². The normalized spacial score (nSPS) is 16.9. The van der Waals surface area contributed by atoms with Crippen LogP contribution in [-0.4, -0.2) is 43.9 Å². The van der Waals surface area contributed by atoms with Gasteiger partial charge in [0.15, 0.2) is 0 Å². The van der Waals surface area contributed by atoms with Crippen molar-refractivity contribution in [3.8, 4) is 5.75 Å². The Morgan fingerprint density at radius 1 is 1.09 bits per heavy atom. The Kier molecular flexibility index (Phi) is 7.18. The SMILES string of the molecule is CC1CN(c2ccc(OC(F)(F)F)cc2)CN1Cc1ccncc1NS(=O)(=O)Cc1ccccc1. The van der Waals surface area contributed by atoms with E-state index in [0.29, 0.717) is 31.0 Å². The van der Waals surface area contributed by atoms with Crippen LogP contribution in [0.2, 0.25) is 0 Å². The van der Waals surface area contributed by atoms with Crippen LogP contribution in [0.15, 0.2) is 73.1 Å². The van der Waals surface area contributed by atoms with Gasteiger partial charge in [-0.25, -0.2) is 8.42 Å². The van der Waals surface area contributed by atoms with Crippen LogP contribution < -0.4 is 14.4 Å². The third-order valence-electron chi connectivity index (χ3n) is 5.65. The van der Waals surface area contributed by atoms with Gasteiger partial charge >= 0.3 is 6.36 Å². The summed E-state index contributed by atoms with van der Waals surface area (Å²) >= 11 is 0. The molecule has 1 saturated heterocycles. The smallest absolute Gasteiger partial charge is 0.406 e. The van der Waals surface area contributed by atoms with Gasteiger partial charge in [-0.05, 0) is 48.4 Å². The van der Waals surface area contributed by atoms with Crippen LogP contribution in [0.25, 0.3) is 0 Å². The van der Waals surface area contributed by atoms with E-state index >= 15 is 0 Å². The lowest BCUT2D eigenvalue weighted by Gasteiger charge is -2.22. The minimum Gasteiger partial charge on any atom is -0.406 e. The maximum atomic E-state index is 12.7. The van der Waals surface area contributed by atoms with E-state index in [9.17, 15) is 21.6 Å². The Balaban J connectivity index is 1.43. The van der Waals surface area contributed by atoms with Crippen LogP contribution in [0.5, 0.6) is 5.75 Å². The predicted octanol–water partition coefficient (Wildman–Crippen LogP) is 4.59. The fourth-order valence-corrected chi connectivity index (χ4v) is 5.19. The zero-order chi connectivity index (χ0) is 25.1. The first-order valence-electron chi connectivity index (χ1n) is 10.9. The van der Waals surface area contributed by atoms with Crippen LogP contribution in [0, 0.1) is 0 Å². The lowest BCUT2D eigenvalue weighted by atomic mass is 10.2. The van der Waals surface area contributed by atoms with Crippen molar-refractivity contribution in [1.29, 1.82) is 0 Å². The summed E-state index contributed by atoms with van der Waals surface area (Å²) in [5, 5.41) is 0. The molecule has 0 amide bonds. The van der Waals surface area contributed by atoms with Gasteiger partial charge in [-0.3, -0.25) is 14.6 Å². The summed E-state index contributed by atoms with van der Waals surface area (Å²) in [5.74, 6) is -0.418. The molecule has 1 atom stereocenters. The molecule has 1 fully saturated rings. The number of sulfonamides is 1. The number of anilines is 2. The predicted molar refractivity (Wildman–Crippen MR) is 127 cm³/mol. The van der Waals surface area contributed by atoms with Gasteiger partial charge in [-0.15, -0.1) is 13.2 Å². The van der Waals surface area contributed by atoms with Crippen LogP contribution >= 0.6 is 0 Å². The molecule has 7 nitrogen and oxygen atoms in total. The number of aromatic nitrogens is 1. The van der Waals surface area contributed by atoms with Crippen LogP contribution in [-0.2, 0) is 22.3 Å². The second-order valence-electron chi connectivity index (χ2n) is 8.38. The average molecular weight is 507 g/mol. The highest BCUT2D eigenvalue weighted by Gasteiger charge is 2.32. The first-order chi connectivity index (χ1) is 16.6. The summed E-state index contributed by atoms with van der Waals surface area (Å²) in [5.41, 5.74) is 2.65. The Hall–Kier alpha value is -3.31. The molecule has 0 spiro atoms. The first kappa shape index (κ1) is 24.8. The molecule has 4 rings (SSSR count). The standard InChI is InChI=1S/C24H25F3N4O3S/c1-18-14-31(21-7-9-22(10-8-21)34-24(25,26)27)17-30(18)15-20-11-12-28-13-23(20)29-35(32,33)16-19-5-3-2-4-6-19/h2-13,18,29H,14-17H2,1H3. The second kappa shape index (κ2) is 10.1. The zero-order valence-corrected chi connectivity index (χ0v) is 19.8. The number of benzene rings is 2. The molecule has 1 aliphatic rings. The Bertz CT molecular complexity index is 1240. The molecule has 11 heteroatoms. The van der Waals surface area contributed by atoms with Crippen LogP contribution in [0.3, 0.4) is 0 Å². The van der Waals surface area contributed by atoms with E-state index in [1.54, 1.807) is 48.7 Å². The molecule has 2 aromatic carbocycles.